The number of hydrogen-bond acceptors (Lipinski definition) is 2. The van der Waals surface area contributed by atoms with Crippen LogP contribution in [0.3, 0.4) is 0 Å². The van der Waals surface area contributed by atoms with Crippen molar-refractivity contribution < 1.29 is 4.79 Å². The number of piperidine rings is 1. The minimum Gasteiger partial charge on any atom is -0.307 e. The monoisotopic (exact) mass is 267 g/mol. The molecule has 1 fully saturated rings. The summed E-state index contributed by atoms with van der Waals surface area (Å²) in [4.78, 5) is 11.5. The molecule has 0 aromatic heterocycles. The van der Waals surface area contributed by atoms with Crippen molar-refractivity contribution in [2.45, 2.75) is 25.3 Å². The molecule has 0 spiro atoms. The Bertz CT molecular complexity index is 374. The first kappa shape index (κ1) is 10.8. The number of carbonyl (C=O) groups excluding carboxylic acids is 1. The van der Waals surface area contributed by atoms with Crippen LogP contribution < -0.4 is 5.32 Å². The zero-order valence-corrected chi connectivity index (χ0v) is 10.3. The lowest BCUT2D eigenvalue weighted by Gasteiger charge is -2.34. The Morgan fingerprint density at radius 1 is 1.33 bits per heavy atom. The normalized spacial score (nSPS) is 26.7. The highest BCUT2D eigenvalue weighted by atomic mass is 79.9. The molecule has 1 aliphatic rings. The molecule has 15 heavy (non-hydrogen) atoms. The number of nitrogens with one attached hydrogen (secondary N) is 1. The zero-order chi connectivity index (χ0) is 10.9. The second kappa shape index (κ2) is 4.06. The van der Waals surface area contributed by atoms with E-state index in [0.717, 1.165) is 11.0 Å². The fourth-order valence-electron chi connectivity index (χ4n) is 2.04. The van der Waals surface area contributed by atoms with Gasteiger partial charge in [0.15, 0.2) is 0 Å². The first-order valence-electron chi connectivity index (χ1n) is 5.13. The summed E-state index contributed by atoms with van der Waals surface area (Å²) in [6, 6.07) is 8.16. The van der Waals surface area contributed by atoms with Crippen LogP contribution in [0, 0.1) is 0 Å². The zero-order valence-electron chi connectivity index (χ0n) is 8.72. The Morgan fingerprint density at radius 2 is 2.00 bits per heavy atom. The van der Waals surface area contributed by atoms with Crippen LogP contribution in [0.1, 0.15) is 25.3 Å². The molecule has 1 heterocycles. The van der Waals surface area contributed by atoms with Gasteiger partial charge in [-0.2, -0.15) is 0 Å². The molecule has 0 radical (unpaired) electrons. The molecule has 2 nitrogen and oxygen atoms in total. The number of ketones is 1. The smallest absolute Gasteiger partial charge is 0.136 e. The average Bonchev–Trinajstić information content (AvgIpc) is 2.18. The van der Waals surface area contributed by atoms with E-state index in [4.69, 9.17) is 0 Å². The Kier molecular flexibility index (Phi) is 2.94. The Hall–Kier alpha value is -0.670. The molecule has 1 aliphatic heterocycles. The number of benzene rings is 1. The average molecular weight is 268 g/mol. The van der Waals surface area contributed by atoms with Gasteiger partial charge in [0.25, 0.3) is 0 Å². The van der Waals surface area contributed by atoms with Gasteiger partial charge in [-0.1, -0.05) is 28.1 Å². The van der Waals surface area contributed by atoms with Gasteiger partial charge >= 0.3 is 0 Å². The standard InChI is InChI=1S/C12H14BrNO/c1-12(8-11(15)6-7-14-12)9-2-4-10(13)5-3-9/h2-5,14H,6-8H2,1H3. The molecule has 0 amide bonds. The van der Waals surface area contributed by atoms with E-state index in [0.29, 0.717) is 18.6 Å². The summed E-state index contributed by atoms with van der Waals surface area (Å²) in [5.74, 6) is 0.346. The molecule has 3 heteroatoms. The van der Waals surface area contributed by atoms with Crippen molar-refractivity contribution >= 4 is 21.7 Å². The molecule has 1 aromatic carbocycles. The number of rotatable bonds is 1. The summed E-state index contributed by atoms with van der Waals surface area (Å²) in [6.45, 7) is 2.87. The van der Waals surface area contributed by atoms with E-state index in [2.05, 4.69) is 40.3 Å². The predicted molar refractivity (Wildman–Crippen MR) is 63.7 cm³/mol. The first-order chi connectivity index (χ1) is 7.10. The van der Waals surface area contributed by atoms with Crippen molar-refractivity contribution in [3.8, 4) is 0 Å². The minimum absolute atomic E-state index is 0.184. The summed E-state index contributed by atoms with van der Waals surface area (Å²) < 4.78 is 1.07. The largest absolute Gasteiger partial charge is 0.307 e. The summed E-state index contributed by atoms with van der Waals surface area (Å²) in [5, 5.41) is 3.43. The van der Waals surface area contributed by atoms with Crippen molar-refractivity contribution in [2.75, 3.05) is 6.54 Å². The van der Waals surface area contributed by atoms with Crippen molar-refractivity contribution in [1.82, 2.24) is 5.32 Å². The maximum Gasteiger partial charge on any atom is 0.136 e. The highest BCUT2D eigenvalue weighted by Crippen LogP contribution is 2.28. The molecular formula is C12H14BrNO. The van der Waals surface area contributed by atoms with E-state index in [9.17, 15) is 4.79 Å². The van der Waals surface area contributed by atoms with Crippen LogP contribution in [0.15, 0.2) is 28.7 Å². The molecule has 80 valence electrons. The van der Waals surface area contributed by atoms with Crippen molar-refractivity contribution in [3.63, 3.8) is 0 Å². The van der Waals surface area contributed by atoms with Gasteiger partial charge in [0.2, 0.25) is 0 Å². The predicted octanol–water partition coefficient (Wildman–Crippen LogP) is 2.62. The Labute approximate surface area is 98.2 Å². The molecule has 1 aromatic rings. The summed E-state index contributed by atoms with van der Waals surface area (Å²) in [5.41, 5.74) is 0.995. The van der Waals surface area contributed by atoms with Crippen LogP contribution in [0.2, 0.25) is 0 Å². The SMILES string of the molecule is CC1(c2ccc(Br)cc2)CC(=O)CCN1. The van der Waals surface area contributed by atoms with Gasteiger partial charge < -0.3 is 5.32 Å². The number of hydrogen-bond donors (Lipinski definition) is 1. The van der Waals surface area contributed by atoms with E-state index in [1.165, 1.54) is 5.56 Å². The van der Waals surface area contributed by atoms with Gasteiger partial charge in [-0.15, -0.1) is 0 Å². The van der Waals surface area contributed by atoms with Gasteiger partial charge in [0, 0.05) is 29.4 Å². The van der Waals surface area contributed by atoms with Crippen molar-refractivity contribution in [2.24, 2.45) is 0 Å². The molecule has 1 N–H and O–H groups in total. The maximum absolute atomic E-state index is 11.5. The highest BCUT2D eigenvalue weighted by Gasteiger charge is 2.31. The van der Waals surface area contributed by atoms with Crippen LogP contribution in [0.5, 0.6) is 0 Å². The second-order valence-electron chi connectivity index (χ2n) is 4.23. The van der Waals surface area contributed by atoms with Crippen LogP contribution in [-0.4, -0.2) is 12.3 Å². The summed E-state index contributed by atoms with van der Waals surface area (Å²) in [6.07, 6.45) is 1.25. The minimum atomic E-state index is -0.184. The van der Waals surface area contributed by atoms with E-state index < -0.39 is 0 Å². The molecule has 1 atom stereocenters. The lowest BCUT2D eigenvalue weighted by Crippen LogP contribution is -2.46. The lowest BCUT2D eigenvalue weighted by atomic mass is 9.83. The number of carbonyl (C=O) groups is 1. The number of halogens is 1. The fourth-order valence-corrected chi connectivity index (χ4v) is 2.31. The lowest BCUT2D eigenvalue weighted by molar-refractivity contribution is -0.122. The summed E-state index contributed by atoms with van der Waals surface area (Å²) >= 11 is 3.41. The summed E-state index contributed by atoms with van der Waals surface area (Å²) in [7, 11) is 0. The molecule has 1 unspecified atom stereocenters. The third-order valence-electron chi connectivity index (χ3n) is 2.95. The maximum atomic E-state index is 11.5. The van der Waals surface area contributed by atoms with Crippen molar-refractivity contribution in [1.29, 1.82) is 0 Å². The van der Waals surface area contributed by atoms with Crippen LogP contribution in [0.4, 0.5) is 0 Å². The Balaban J connectivity index is 2.28. The van der Waals surface area contributed by atoms with Crippen molar-refractivity contribution in [3.05, 3.63) is 34.3 Å². The fraction of sp³-hybridized carbons (Fsp3) is 0.417. The van der Waals surface area contributed by atoms with E-state index in [-0.39, 0.29) is 5.54 Å². The number of Topliss-reactive ketones (excluding diaryl/α,β-unsaturated/α-hetero) is 1. The van der Waals surface area contributed by atoms with Gasteiger partial charge in [-0.25, -0.2) is 0 Å². The van der Waals surface area contributed by atoms with Gasteiger partial charge in [0.1, 0.15) is 5.78 Å². The molecular weight excluding hydrogens is 254 g/mol. The topological polar surface area (TPSA) is 29.1 Å². The van der Waals surface area contributed by atoms with Gasteiger partial charge in [-0.3, -0.25) is 4.79 Å². The highest BCUT2D eigenvalue weighted by molar-refractivity contribution is 9.10. The third kappa shape index (κ3) is 2.29. The third-order valence-corrected chi connectivity index (χ3v) is 3.48. The van der Waals surface area contributed by atoms with E-state index >= 15 is 0 Å². The molecule has 0 bridgehead atoms. The second-order valence-corrected chi connectivity index (χ2v) is 5.15. The van der Waals surface area contributed by atoms with Crippen LogP contribution >= 0.6 is 15.9 Å². The van der Waals surface area contributed by atoms with E-state index in [1.807, 2.05) is 12.1 Å². The molecule has 0 saturated carbocycles. The first-order valence-corrected chi connectivity index (χ1v) is 5.92. The van der Waals surface area contributed by atoms with Crippen LogP contribution in [-0.2, 0) is 10.3 Å². The van der Waals surface area contributed by atoms with Crippen LogP contribution in [0.25, 0.3) is 0 Å². The quantitative estimate of drug-likeness (QED) is 0.848. The molecule has 1 saturated heterocycles. The van der Waals surface area contributed by atoms with Gasteiger partial charge in [0.05, 0.1) is 0 Å². The molecule has 2 rings (SSSR count). The molecule has 0 aliphatic carbocycles. The van der Waals surface area contributed by atoms with Gasteiger partial charge in [-0.05, 0) is 24.6 Å². The Morgan fingerprint density at radius 3 is 2.60 bits per heavy atom. The van der Waals surface area contributed by atoms with E-state index in [1.54, 1.807) is 0 Å².